The third kappa shape index (κ3) is 6.79. The Bertz CT molecular complexity index is 268. The summed E-state index contributed by atoms with van der Waals surface area (Å²) >= 11 is 4.50. The average Bonchev–Trinajstić information content (AvgIpc) is 2.15. The molecule has 0 saturated heterocycles. The average molecular weight is 274 g/mol. The van der Waals surface area contributed by atoms with E-state index in [4.69, 9.17) is 4.74 Å². The molecule has 1 atom stereocenters. The van der Waals surface area contributed by atoms with Gasteiger partial charge in [-0.25, -0.2) is 0 Å². The fourth-order valence-electron chi connectivity index (χ4n) is 1.47. The molecule has 0 N–H and O–H groups in total. The Morgan fingerprint density at radius 2 is 1.67 bits per heavy atom. The molecule has 0 amide bonds. The van der Waals surface area contributed by atoms with E-state index in [1.54, 1.807) is 0 Å². The van der Waals surface area contributed by atoms with E-state index in [-0.39, 0.29) is 22.7 Å². The highest BCUT2D eigenvalue weighted by Crippen LogP contribution is 2.29. The highest BCUT2D eigenvalue weighted by molar-refractivity contribution is 7.81. The topological polar surface area (TPSA) is 26.3 Å². The lowest BCUT2D eigenvalue weighted by Crippen LogP contribution is -2.32. The molecule has 1 unspecified atom stereocenters. The number of hydrogen-bond donors (Lipinski definition) is 1. The summed E-state index contributed by atoms with van der Waals surface area (Å²) in [6.45, 7) is 15.0. The van der Waals surface area contributed by atoms with Crippen molar-refractivity contribution in [1.82, 2.24) is 0 Å². The van der Waals surface area contributed by atoms with Gasteiger partial charge in [-0.05, 0) is 25.7 Å². The van der Waals surface area contributed by atoms with E-state index in [9.17, 15) is 4.79 Å². The highest BCUT2D eigenvalue weighted by atomic mass is 32.1. The van der Waals surface area contributed by atoms with Gasteiger partial charge in [0.25, 0.3) is 0 Å². The Labute approximate surface area is 118 Å². The van der Waals surface area contributed by atoms with Gasteiger partial charge in [0.2, 0.25) is 0 Å². The van der Waals surface area contributed by atoms with Gasteiger partial charge in [-0.1, -0.05) is 34.6 Å². The Morgan fingerprint density at radius 1 is 1.17 bits per heavy atom. The fourth-order valence-corrected chi connectivity index (χ4v) is 1.60. The smallest absolute Gasteiger partial charge is 0.138 e. The van der Waals surface area contributed by atoms with Crippen molar-refractivity contribution in [2.75, 3.05) is 6.61 Å². The third-order valence-electron chi connectivity index (χ3n) is 3.61. The lowest BCUT2D eigenvalue weighted by Gasteiger charge is -2.31. The first-order valence-electron chi connectivity index (χ1n) is 6.83. The van der Waals surface area contributed by atoms with Crippen LogP contribution in [0.3, 0.4) is 0 Å². The minimum absolute atomic E-state index is 0.0850. The van der Waals surface area contributed by atoms with Crippen molar-refractivity contribution < 1.29 is 9.53 Å². The number of hydrogen-bond acceptors (Lipinski definition) is 3. The van der Waals surface area contributed by atoms with Gasteiger partial charge in [-0.3, -0.25) is 4.79 Å². The van der Waals surface area contributed by atoms with Crippen molar-refractivity contribution in [2.24, 2.45) is 11.3 Å². The van der Waals surface area contributed by atoms with E-state index in [0.717, 1.165) is 6.42 Å². The molecule has 0 rings (SSSR count). The number of ketones is 1. The molecule has 0 spiro atoms. The zero-order valence-electron chi connectivity index (χ0n) is 13.0. The molecular formula is C15H30O2S. The molecule has 0 aromatic carbocycles. The number of carbonyl (C=O) groups excluding carboxylic acids is 1. The van der Waals surface area contributed by atoms with Crippen LogP contribution in [0, 0.1) is 11.3 Å². The Balaban J connectivity index is 4.16. The molecule has 108 valence electrons. The van der Waals surface area contributed by atoms with Crippen molar-refractivity contribution in [3.63, 3.8) is 0 Å². The second kappa shape index (κ2) is 6.95. The normalized spacial score (nSPS) is 14.9. The molecule has 2 nitrogen and oxygen atoms in total. The number of Topliss-reactive ketones (excluding diaryl/α,β-unsaturated/α-hetero) is 1. The summed E-state index contributed by atoms with van der Waals surface area (Å²) < 4.78 is 5.88. The van der Waals surface area contributed by atoms with Crippen molar-refractivity contribution >= 4 is 18.4 Å². The first-order chi connectivity index (χ1) is 7.98. The summed E-state index contributed by atoms with van der Waals surface area (Å²) in [4.78, 5) is 11.7. The Hall–Kier alpha value is -0.0200. The van der Waals surface area contributed by atoms with Gasteiger partial charge in [0.1, 0.15) is 5.78 Å². The molecule has 18 heavy (non-hydrogen) atoms. The maximum Gasteiger partial charge on any atom is 0.138 e. The van der Waals surface area contributed by atoms with E-state index < -0.39 is 0 Å². The first-order valence-corrected chi connectivity index (χ1v) is 7.34. The van der Waals surface area contributed by atoms with Crippen molar-refractivity contribution in [1.29, 1.82) is 0 Å². The van der Waals surface area contributed by atoms with Crippen LogP contribution in [0.15, 0.2) is 0 Å². The van der Waals surface area contributed by atoms with Crippen LogP contribution in [0.2, 0.25) is 0 Å². The number of carbonyl (C=O) groups is 1. The summed E-state index contributed by atoms with van der Waals surface area (Å²) in [6.07, 6.45) is 1.44. The molecule has 0 aromatic rings. The SMILES string of the molecule is CC(C)C(=O)CC(C)(C)OCCC(C)(C)C(C)S. The van der Waals surface area contributed by atoms with E-state index in [2.05, 4.69) is 33.4 Å². The molecule has 0 aliphatic rings. The predicted molar refractivity (Wildman–Crippen MR) is 81.3 cm³/mol. The number of rotatable bonds is 8. The molecule has 3 heteroatoms. The van der Waals surface area contributed by atoms with Gasteiger partial charge >= 0.3 is 0 Å². The van der Waals surface area contributed by atoms with E-state index >= 15 is 0 Å². The van der Waals surface area contributed by atoms with Crippen LogP contribution in [-0.2, 0) is 9.53 Å². The molecule has 0 aliphatic heterocycles. The summed E-state index contributed by atoms with van der Waals surface area (Å²) in [6, 6.07) is 0. The molecule has 0 radical (unpaired) electrons. The molecule has 0 bridgehead atoms. The number of ether oxygens (including phenoxy) is 1. The third-order valence-corrected chi connectivity index (χ3v) is 4.31. The quantitative estimate of drug-likeness (QED) is 0.674. The van der Waals surface area contributed by atoms with Gasteiger partial charge in [0.05, 0.1) is 5.60 Å². The maximum absolute atomic E-state index is 11.7. The summed E-state index contributed by atoms with van der Waals surface area (Å²) in [5, 5.41) is 0.335. The highest BCUT2D eigenvalue weighted by Gasteiger charge is 2.27. The maximum atomic E-state index is 11.7. The van der Waals surface area contributed by atoms with Crippen LogP contribution >= 0.6 is 12.6 Å². The van der Waals surface area contributed by atoms with E-state index in [0.29, 0.717) is 18.3 Å². The van der Waals surface area contributed by atoms with Crippen molar-refractivity contribution in [3.05, 3.63) is 0 Å². The zero-order chi connectivity index (χ0) is 14.6. The van der Waals surface area contributed by atoms with Crippen molar-refractivity contribution in [2.45, 2.75) is 72.2 Å². The molecular weight excluding hydrogens is 244 g/mol. The largest absolute Gasteiger partial charge is 0.375 e. The van der Waals surface area contributed by atoms with Crippen LogP contribution in [0.1, 0.15) is 61.3 Å². The second-order valence-electron chi connectivity index (χ2n) is 6.82. The molecule has 0 saturated carbocycles. The van der Waals surface area contributed by atoms with Gasteiger partial charge in [-0.15, -0.1) is 0 Å². The summed E-state index contributed by atoms with van der Waals surface area (Å²) in [5.41, 5.74) is -0.210. The standard InChI is InChI=1S/C15H30O2S/c1-11(2)13(16)10-15(6,7)17-9-8-14(4,5)12(3)18/h11-12,18H,8-10H2,1-7H3. The van der Waals surface area contributed by atoms with Gasteiger partial charge in [0, 0.05) is 24.2 Å². The van der Waals surface area contributed by atoms with Gasteiger partial charge in [-0.2, -0.15) is 12.6 Å². The minimum atomic E-state index is -0.364. The molecule has 0 aliphatic carbocycles. The summed E-state index contributed by atoms with van der Waals surface area (Å²) in [5.74, 6) is 0.351. The Morgan fingerprint density at radius 3 is 2.06 bits per heavy atom. The van der Waals surface area contributed by atoms with Gasteiger partial charge in [0.15, 0.2) is 0 Å². The lowest BCUT2D eigenvalue weighted by molar-refractivity contribution is -0.128. The van der Waals surface area contributed by atoms with E-state index in [1.165, 1.54) is 0 Å². The molecule has 0 aromatic heterocycles. The van der Waals surface area contributed by atoms with Crippen LogP contribution in [0.5, 0.6) is 0 Å². The van der Waals surface area contributed by atoms with Crippen molar-refractivity contribution in [3.8, 4) is 0 Å². The van der Waals surface area contributed by atoms with Crippen LogP contribution in [0.25, 0.3) is 0 Å². The van der Waals surface area contributed by atoms with Crippen LogP contribution in [-0.4, -0.2) is 23.2 Å². The number of thiol groups is 1. The second-order valence-corrected chi connectivity index (χ2v) is 7.60. The summed E-state index contributed by atoms with van der Waals surface area (Å²) in [7, 11) is 0. The monoisotopic (exact) mass is 274 g/mol. The predicted octanol–water partition coefficient (Wildman–Crippen LogP) is 4.13. The first kappa shape index (κ1) is 18.0. The van der Waals surface area contributed by atoms with Crippen LogP contribution < -0.4 is 0 Å². The molecule has 0 heterocycles. The Kier molecular flexibility index (Phi) is 6.94. The van der Waals surface area contributed by atoms with E-state index in [1.807, 2.05) is 27.7 Å². The molecule has 0 fully saturated rings. The fraction of sp³-hybridized carbons (Fsp3) is 0.933. The van der Waals surface area contributed by atoms with Gasteiger partial charge < -0.3 is 4.74 Å². The lowest BCUT2D eigenvalue weighted by atomic mass is 9.86. The van der Waals surface area contributed by atoms with Crippen LogP contribution in [0.4, 0.5) is 0 Å². The minimum Gasteiger partial charge on any atom is -0.375 e. The zero-order valence-corrected chi connectivity index (χ0v) is 13.9.